The molecule has 0 radical (unpaired) electrons. The zero-order chi connectivity index (χ0) is 13.7. The molecule has 1 aromatic rings. The lowest BCUT2D eigenvalue weighted by atomic mass is 9.91. The van der Waals surface area contributed by atoms with Crippen molar-refractivity contribution in [3.05, 3.63) is 11.7 Å². The smallest absolute Gasteiger partial charge is 0.240 e. The summed E-state index contributed by atoms with van der Waals surface area (Å²) in [6, 6.07) is 1.01. The molecule has 0 atom stereocenters. The second-order valence-corrected chi connectivity index (χ2v) is 5.49. The van der Waals surface area contributed by atoms with Crippen LogP contribution in [0.15, 0.2) is 4.52 Å². The number of nitrogens with zero attached hydrogens (tertiary/aromatic N) is 3. The van der Waals surface area contributed by atoms with Gasteiger partial charge in [-0.05, 0) is 38.6 Å². The van der Waals surface area contributed by atoms with Gasteiger partial charge in [-0.1, -0.05) is 19.0 Å². The van der Waals surface area contributed by atoms with Crippen LogP contribution < -0.4 is 5.73 Å². The Hall–Kier alpha value is -0.940. The number of aryl methyl sites for hydroxylation is 1. The lowest BCUT2D eigenvalue weighted by Gasteiger charge is -2.34. The molecule has 19 heavy (non-hydrogen) atoms. The van der Waals surface area contributed by atoms with Gasteiger partial charge in [0.1, 0.15) is 0 Å². The molecule has 0 aliphatic heterocycles. The molecule has 108 valence electrons. The van der Waals surface area contributed by atoms with Gasteiger partial charge in [-0.25, -0.2) is 0 Å². The summed E-state index contributed by atoms with van der Waals surface area (Å²) in [5.41, 5.74) is 5.97. The molecule has 2 rings (SSSR count). The number of aromatic nitrogens is 2. The third-order valence-electron chi connectivity index (χ3n) is 3.99. The molecule has 0 bridgehead atoms. The predicted octanol–water partition coefficient (Wildman–Crippen LogP) is 2.11. The third-order valence-corrected chi connectivity index (χ3v) is 3.99. The topological polar surface area (TPSA) is 68.2 Å². The fourth-order valence-electron chi connectivity index (χ4n) is 2.82. The zero-order valence-electron chi connectivity index (χ0n) is 12.1. The molecule has 5 heteroatoms. The van der Waals surface area contributed by atoms with Gasteiger partial charge >= 0.3 is 0 Å². The highest BCUT2D eigenvalue weighted by molar-refractivity contribution is 4.88. The summed E-state index contributed by atoms with van der Waals surface area (Å²) in [4.78, 5) is 6.89. The van der Waals surface area contributed by atoms with Crippen LogP contribution in [0.2, 0.25) is 0 Å². The van der Waals surface area contributed by atoms with Gasteiger partial charge in [0.15, 0.2) is 5.82 Å². The van der Waals surface area contributed by atoms with E-state index in [2.05, 4.69) is 28.9 Å². The van der Waals surface area contributed by atoms with E-state index in [1.54, 1.807) is 0 Å². The van der Waals surface area contributed by atoms with Crippen molar-refractivity contribution in [2.45, 2.75) is 71.0 Å². The maximum Gasteiger partial charge on any atom is 0.240 e. The van der Waals surface area contributed by atoms with E-state index < -0.39 is 0 Å². The fourth-order valence-corrected chi connectivity index (χ4v) is 2.82. The Bertz CT molecular complexity index is 371. The van der Waals surface area contributed by atoms with Gasteiger partial charge in [0.05, 0.1) is 6.54 Å². The zero-order valence-corrected chi connectivity index (χ0v) is 12.1. The van der Waals surface area contributed by atoms with Gasteiger partial charge in [0.2, 0.25) is 5.89 Å². The number of hydrogen-bond donors (Lipinski definition) is 1. The van der Waals surface area contributed by atoms with Crippen molar-refractivity contribution in [2.24, 2.45) is 5.73 Å². The van der Waals surface area contributed by atoms with Crippen LogP contribution in [0.3, 0.4) is 0 Å². The van der Waals surface area contributed by atoms with E-state index in [1.165, 1.54) is 12.8 Å². The molecule has 0 amide bonds. The average molecular weight is 266 g/mol. The van der Waals surface area contributed by atoms with Crippen LogP contribution in [-0.2, 0) is 13.0 Å². The van der Waals surface area contributed by atoms with Gasteiger partial charge in [0.25, 0.3) is 0 Å². The van der Waals surface area contributed by atoms with Crippen LogP contribution >= 0.6 is 0 Å². The maximum absolute atomic E-state index is 5.97. The normalized spacial score (nSPS) is 24.0. The van der Waals surface area contributed by atoms with Gasteiger partial charge < -0.3 is 10.3 Å². The van der Waals surface area contributed by atoms with Crippen molar-refractivity contribution in [3.8, 4) is 0 Å². The quantitative estimate of drug-likeness (QED) is 0.854. The molecule has 1 saturated carbocycles. The minimum atomic E-state index is 0.398. The van der Waals surface area contributed by atoms with Crippen molar-refractivity contribution in [1.82, 2.24) is 15.0 Å². The average Bonchev–Trinajstić information content (AvgIpc) is 2.85. The number of nitrogens with two attached hydrogens (primary N) is 1. The molecular weight excluding hydrogens is 240 g/mol. The van der Waals surface area contributed by atoms with E-state index in [4.69, 9.17) is 10.3 Å². The standard InChI is InChI=1S/C14H26N4O/c1-3-5-13-16-14(19-17-13)10-18(4-2)12-8-6-11(15)7-9-12/h11-12H,3-10,15H2,1-2H3. The van der Waals surface area contributed by atoms with Crippen LogP contribution in [0, 0.1) is 0 Å². The van der Waals surface area contributed by atoms with Crippen molar-refractivity contribution < 1.29 is 4.52 Å². The van der Waals surface area contributed by atoms with Gasteiger partial charge in [-0.15, -0.1) is 0 Å². The molecule has 1 aromatic heterocycles. The minimum absolute atomic E-state index is 0.398. The van der Waals surface area contributed by atoms with Gasteiger partial charge in [-0.2, -0.15) is 4.98 Å². The third kappa shape index (κ3) is 4.01. The minimum Gasteiger partial charge on any atom is -0.338 e. The Morgan fingerprint density at radius 2 is 2.00 bits per heavy atom. The molecule has 1 heterocycles. The Morgan fingerprint density at radius 1 is 1.26 bits per heavy atom. The fraction of sp³-hybridized carbons (Fsp3) is 0.857. The van der Waals surface area contributed by atoms with E-state index in [9.17, 15) is 0 Å². The lowest BCUT2D eigenvalue weighted by molar-refractivity contribution is 0.133. The predicted molar refractivity (Wildman–Crippen MR) is 74.6 cm³/mol. The molecule has 5 nitrogen and oxygen atoms in total. The Kier molecular flexibility index (Phi) is 5.34. The Labute approximate surface area is 115 Å². The summed E-state index contributed by atoms with van der Waals surface area (Å²) in [7, 11) is 0. The highest BCUT2D eigenvalue weighted by Gasteiger charge is 2.24. The van der Waals surface area contributed by atoms with Crippen molar-refractivity contribution in [1.29, 1.82) is 0 Å². The van der Waals surface area contributed by atoms with Crippen LogP contribution in [0.1, 0.15) is 57.7 Å². The second-order valence-electron chi connectivity index (χ2n) is 5.49. The van der Waals surface area contributed by atoms with Crippen LogP contribution in [0.25, 0.3) is 0 Å². The van der Waals surface area contributed by atoms with Gasteiger partial charge in [-0.3, -0.25) is 4.90 Å². The van der Waals surface area contributed by atoms with Crippen molar-refractivity contribution >= 4 is 0 Å². The summed E-state index contributed by atoms with van der Waals surface area (Å²) >= 11 is 0. The Morgan fingerprint density at radius 3 is 2.63 bits per heavy atom. The molecule has 1 aliphatic rings. The number of rotatable bonds is 6. The molecule has 2 N–H and O–H groups in total. The molecule has 1 aliphatic carbocycles. The Balaban J connectivity index is 1.90. The maximum atomic E-state index is 5.97. The van der Waals surface area contributed by atoms with E-state index in [0.29, 0.717) is 12.1 Å². The van der Waals surface area contributed by atoms with Crippen molar-refractivity contribution in [2.75, 3.05) is 6.54 Å². The SMILES string of the molecule is CCCc1noc(CN(CC)C2CCC(N)CC2)n1. The molecule has 0 saturated heterocycles. The number of hydrogen-bond acceptors (Lipinski definition) is 5. The molecule has 1 fully saturated rings. The van der Waals surface area contributed by atoms with Crippen LogP contribution in [0.5, 0.6) is 0 Å². The second kappa shape index (κ2) is 7.01. The first-order chi connectivity index (χ1) is 9.22. The first-order valence-corrected chi connectivity index (χ1v) is 7.54. The summed E-state index contributed by atoms with van der Waals surface area (Å²) in [6.45, 7) is 6.11. The van der Waals surface area contributed by atoms with Crippen molar-refractivity contribution in [3.63, 3.8) is 0 Å². The van der Waals surface area contributed by atoms with E-state index in [0.717, 1.165) is 50.5 Å². The summed E-state index contributed by atoms with van der Waals surface area (Å²) in [5, 5.41) is 4.02. The van der Waals surface area contributed by atoms with E-state index in [-0.39, 0.29) is 0 Å². The first-order valence-electron chi connectivity index (χ1n) is 7.54. The highest BCUT2D eigenvalue weighted by Crippen LogP contribution is 2.23. The first kappa shape index (κ1) is 14.5. The molecule has 0 unspecified atom stereocenters. The lowest BCUT2D eigenvalue weighted by Crippen LogP contribution is -2.40. The van der Waals surface area contributed by atoms with Crippen LogP contribution in [0.4, 0.5) is 0 Å². The largest absolute Gasteiger partial charge is 0.338 e. The summed E-state index contributed by atoms with van der Waals surface area (Å²) in [5.74, 6) is 1.58. The summed E-state index contributed by atoms with van der Waals surface area (Å²) in [6.07, 6.45) is 6.58. The van der Waals surface area contributed by atoms with Crippen LogP contribution in [-0.4, -0.2) is 33.7 Å². The monoisotopic (exact) mass is 266 g/mol. The molecule has 0 aromatic carbocycles. The highest BCUT2D eigenvalue weighted by atomic mass is 16.5. The van der Waals surface area contributed by atoms with E-state index >= 15 is 0 Å². The summed E-state index contributed by atoms with van der Waals surface area (Å²) < 4.78 is 5.33. The van der Waals surface area contributed by atoms with E-state index in [1.807, 2.05) is 0 Å². The van der Waals surface area contributed by atoms with Gasteiger partial charge in [0, 0.05) is 18.5 Å². The molecule has 0 spiro atoms. The molecular formula is C14H26N4O.